The Morgan fingerprint density at radius 3 is 2.50 bits per heavy atom. The van der Waals surface area contributed by atoms with Gasteiger partial charge < -0.3 is 19.7 Å². The highest BCUT2D eigenvalue weighted by molar-refractivity contribution is 5.26. The molecule has 0 unspecified atom stereocenters. The van der Waals surface area contributed by atoms with Gasteiger partial charge in [0.1, 0.15) is 17.5 Å². The number of hydrogen-bond acceptors (Lipinski definition) is 4. The summed E-state index contributed by atoms with van der Waals surface area (Å²) in [6, 6.07) is 7.38. The third-order valence-electron chi connectivity index (χ3n) is 2.64. The van der Waals surface area contributed by atoms with Gasteiger partial charge in [-0.25, -0.2) is 0 Å². The van der Waals surface area contributed by atoms with Gasteiger partial charge in [-0.3, -0.25) is 0 Å². The van der Waals surface area contributed by atoms with Crippen molar-refractivity contribution in [3.05, 3.63) is 29.8 Å². The maximum absolute atomic E-state index is 9.60. The molecule has 0 saturated heterocycles. The quantitative estimate of drug-likeness (QED) is 0.738. The van der Waals surface area contributed by atoms with E-state index in [-0.39, 0.29) is 6.61 Å². The molecule has 2 N–H and O–H groups in total. The van der Waals surface area contributed by atoms with E-state index in [1.165, 1.54) is 6.92 Å². The number of aliphatic hydroxyl groups excluding tert-OH is 1. The zero-order valence-corrected chi connectivity index (χ0v) is 10.6. The van der Waals surface area contributed by atoms with Crippen molar-refractivity contribution >= 4 is 0 Å². The van der Waals surface area contributed by atoms with Crippen molar-refractivity contribution in [3.63, 3.8) is 0 Å². The number of terminal acetylenes is 1. The lowest BCUT2D eigenvalue weighted by Gasteiger charge is -2.23. The van der Waals surface area contributed by atoms with Crippen molar-refractivity contribution in [1.29, 1.82) is 0 Å². The standard InChI is InChI=1S/C14H18O4/c1-4-14(2,16)13(15)10-18-9-11-5-7-12(17-3)8-6-11/h1,5-8,13,15-16H,9-10H2,2-3H3/t13-,14-/m1/s1. The van der Waals surface area contributed by atoms with Crippen molar-refractivity contribution in [2.24, 2.45) is 0 Å². The van der Waals surface area contributed by atoms with Crippen LogP contribution in [0.2, 0.25) is 0 Å². The van der Waals surface area contributed by atoms with Gasteiger partial charge in [-0.1, -0.05) is 18.1 Å². The molecule has 0 aliphatic rings. The summed E-state index contributed by atoms with van der Waals surface area (Å²) in [6.07, 6.45) is 3.98. The predicted molar refractivity (Wildman–Crippen MR) is 68.1 cm³/mol. The fourth-order valence-electron chi connectivity index (χ4n) is 1.27. The fraction of sp³-hybridized carbons (Fsp3) is 0.429. The maximum Gasteiger partial charge on any atom is 0.150 e. The van der Waals surface area contributed by atoms with Crippen LogP contribution in [-0.4, -0.2) is 35.6 Å². The van der Waals surface area contributed by atoms with E-state index < -0.39 is 11.7 Å². The predicted octanol–water partition coefficient (Wildman–Crippen LogP) is 0.957. The highest BCUT2D eigenvalue weighted by Crippen LogP contribution is 2.13. The summed E-state index contributed by atoms with van der Waals surface area (Å²) >= 11 is 0. The number of benzene rings is 1. The second-order valence-electron chi connectivity index (χ2n) is 4.17. The summed E-state index contributed by atoms with van der Waals surface area (Å²) in [4.78, 5) is 0. The molecular weight excluding hydrogens is 232 g/mol. The van der Waals surface area contributed by atoms with Crippen LogP contribution >= 0.6 is 0 Å². The number of rotatable bonds is 6. The van der Waals surface area contributed by atoms with Gasteiger partial charge in [0.05, 0.1) is 20.3 Å². The largest absolute Gasteiger partial charge is 0.497 e. The van der Waals surface area contributed by atoms with E-state index in [1.54, 1.807) is 7.11 Å². The molecule has 0 aliphatic heterocycles. The summed E-state index contributed by atoms with van der Waals surface area (Å²) in [5, 5.41) is 19.2. The van der Waals surface area contributed by atoms with E-state index in [0.717, 1.165) is 11.3 Å². The van der Waals surface area contributed by atoms with E-state index in [4.69, 9.17) is 15.9 Å². The third-order valence-corrected chi connectivity index (χ3v) is 2.64. The first-order valence-corrected chi connectivity index (χ1v) is 5.58. The fourth-order valence-corrected chi connectivity index (χ4v) is 1.27. The first kappa shape index (κ1) is 14.5. The summed E-state index contributed by atoms with van der Waals surface area (Å²) < 4.78 is 10.3. The first-order chi connectivity index (χ1) is 8.49. The van der Waals surface area contributed by atoms with Crippen molar-refractivity contribution in [1.82, 2.24) is 0 Å². The van der Waals surface area contributed by atoms with E-state index >= 15 is 0 Å². The van der Waals surface area contributed by atoms with Gasteiger partial charge in [-0.2, -0.15) is 0 Å². The average Bonchev–Trinajstić information content (AvgIpc) is 2.39. The zero-order chi connectivity index (χ0) is 13.6. The SMILES string of the molecule is C#C[C@@](C)(O)[C@H](O)COCc1ccc(OC)cc1. The van der Waals surface area contributed by atoms with Gasteiger partial charge in [-0.05, 0) is 24.6 Å². The summed E-state index contributed by atoms with van der Waals surface area (Å²) in [6.45, 7) is 1.68. The van der Waals surface area contributed by atoms with Gasteiger partial charge in [0.15, 0.2) is 0 Å². The lowest BCUT2D eigenvalue weighted by molar-refractivity contribution is -0.0678. The second kappa shape index (κ2) is 6.41. The monoisotopic (exact) mass is 250 g/mol. The molecule has 98 valence electrons. The van der Waals surface area contributed by atoms with Gasteiger partial charge in [0.2, 0.25) is 0 Å². The molecule has 2 atom stereocenters. The number of ether oxygens (including phenoxy) is 2. The van der Waals surface area contributed by atoms with Crippen molar-refractivity contribution < 1.29 is 19.7 Å². The summed E-state index contributed by atoms with van der Waals surface area (Å²) in [5.74, 6) is 2.89. The average molecular weight is 250 g/mol. The molecule has 1 aromatic rings. The molecule has 4 heteroatoms. The third kappa shape index (κ3) is 4.04. The van der Waals surface area contributed by atoms with Crippen LogP contribution in [0.5, 0.6) is 5.75 Å². The van der Waals surface area contributed by atoms with Gasteiger partial charge in [-0.15, -0.1) is 6.42 Å². The minimum atomic E-state index is -1.57. The molecule has 0 aliphatic carbocycles. The van der Waals surface area contributed by atoms with Crippen molar-refractivity contribution in [2.45, 2.75) is 25.2 Å². The lowest BCUT2D eigenvalue weighted by Crippen LogP contribution is -2.40. The maximum atomic E-state index is 9.60. The van der Waals surface area contributed by atoms with E-state index in [2.05, 4.69) is 5.92 Å². The van der Waals surface area contributed by atoms with Crippen molar-refractivity contribution in [3.8, 4) is 18.1 Å². The molecule has 0 radical (unpaired) electrons. The minimum Gasteiger partial charge on any atom is -0.497 e. The number of aliphatic hydroxyl groups is 2. The highest BCUT2D eigenvalue weighted by atomic mass is 16.5. The van der Waals surface area contributed by atoms with Gasteiger partial charge >= 0.3 is 0 Å². The molecule has 0 amide bonds. The van der Waals surface area contributed by atoms with Gasteiger partial charge in [0, 0.05) is 0 Å². The van der Waals surface area contributed by atoms with E-state index in [0.29, 0.717) is 6.61 Å². The highest BCUT2D eigenvalue weighted by Gasteiger charge is 2.27. The molecule has 0 aromatic heterocycles. The molecule has 0 heterocycles. The Bertz CT molecular complexity index is 403. The van der Waals surface area contributed by atoms with Crippen LogP contribution in [-0.2, 0) is 11.3 Å². The smallest absolute Gasteiger partial charge is 0.150 e. The molecule has 0 saturated carbocycles. The van der Waals surface area contributed by atoms with Crippen LogP contribution in [0.4, 0.5) is 0 Å². The zero-order valence-electron chi connectivity index (χ0n) is 10.6. The van der Waals surface area contributed by atoms with Crippen LogP contribution < -0.4 is 4.74 Å². The second-order valence-corrected chi connectivity index (χ2v) is 4.17. The molecule has 1 rings (SSSR count). The van der Waals surface area contributed by atoms with Crippen molar-refractivity contribution in [2.75, 3.05) is 13.7 Å². The van der Waals surface area contributed by atoms with Crippen LogP contribution in [0.3, 0.4) is 0 Å². The molecule has 18 heavy (non-hydrogen) atoms. The molecule has 0 bridgehead atoms. The summed E-state index contributed by atoms with van der Waals surface area (Å²) in [5.41, 5.74) is -0.622. The summed E-state index contributed by atoms with van der Waals surface area (Å²) in [7, 11) is 1.60. The Balaban J connectivity index is 2.40. The van der Waals surface area contributed by atoms with E-state index in [1.807, 2.05) is 24.3 Å². The molecule has 4 nitrogen and oxygen atoms in total. The first-order valence-electron chi connectivity index (χ1n) is 5.58. The molecular formula is C14H18O4. The molecule has 0 spiro atoms. The Morgan fingerprint density at radius 1 is 1.39 bits per heavy atom. The van der Waals surface area contributed by atoms with E-state index in [9.17, 15) is 10.2 Å². The topological polar surface area (TPSA) is 58.9 Å². The Morgan fingerprint density at radius 2 is 2.00 bits per heavy atom. The number of hydrogen-bond donors (Lipinski definition) is 2. The van der Waals surface area contributed by atoms with Crippen LogP contribution in [0.1, 0.15) is 12.5 Å². The lowest BCUT2D eigenvalue weighted by atomic mass is 10.0. The number of methoxy groups -OCH3 is 1. The molecule has 1 aromatic carbocycles. The van der Waals surface area contributed by atoms with Crippen LogP contribution in [0, 0.1) is 12.3 Å². The Hall–Kier alpha value is -1.54. The normalized spacial score (nSPS) is 15.5. The minimum absolute atomic E-state index is 0.0246. The molecule has 0 fully saturated rings. The Kier molecular flexibility index (Phi) is 5.17. The van der Waals surface area contributed by atoms with Gasteiger partial charge in [0.25, 0.3) is 0 Å². The Labute approximate surface area is 107 Å². The van der Waals surface area contributed by atoms with Crippen LogP contribution in [0.25, 0.3) is 0 Å². The van der Waals surface area contributed by atoms with Crippen LogP contribution in [0.15, 0.2) is 24.3 Å².